The number of carbonyl (C=O) groups excluding carboxylic acids is 2. The molecule has 0 radical (unpaired) electrons. The molecule has 0 aliphatic heterocycles. The van der Waals surface area contributed by atoms with E-state index in [-0.39, 0.29) is 17.3 Å². The Morgan fingerprint density at radius 2 is 1.94 bits per heavy atom. The van der Waals surface area contributed by atoms with Gasteiger partial charge in [0.2, 0.25) is 0 Å². The predicted molar refractivity (Wildman–Crippen MR) is 72.1 cm³/mol. The van der Waals surface area contributed by atoms with Crippen LogP contribution >= 0.6 is 0 Å². The first-order chi connectivity index (χ1) is 8.38. The third-order valence-corrected chi connectivity index (χ3v) is 5.25. The van der Waals surface area contributed by atoms with Crippen molar-refractivity contribution in [2.24, 2.45) is 29.1 Å². The van der Waals surface area contributed by atoms with Gasteiger partial charge >= 0.3 is 0 Å². The molecule has 2 nitrogen and oxygen atoms in total. The van der Waals surface area contributed by atoms with Gasteiger partial charge < -0.3 is 0 Å². The number of aldehydes is 1. The predicted octanol–water partition coefficient (Wildman–Crippen LogP) is 3.41. The van der Waals surface area contributed by atoms with E-state index in [1.807, 2.05) is 0 Å². The number of carbonyl (C=O) groups is 2. The van der Waals surface area contributed by atoms with Gasteiger partial charge in [-0.3, -0.25) is 9.59 Å². The Labute approximate surface area is 110 Å². The minimum Gasteiger partial charge on any atom is -0.299 e. The van der Waals surface area contributed by atoms with Crippen molar-refractivity contribution >= 4 is 12.1 Å². The average Bonchev–Trinajstić information content (AvgIpc) is 2.52. The molecule has 1 saturated carbocycles. The van der Waals surface area contributed by atoms with Gasteiger partial charge in [0.15, 0.2) is 0 Å². The summed E-state index contributed by atoms with van der Waals surface area (Å²) in [6.07, 6.45) is 5.80. The van der Waals surface area contributed by atoms with Crippen molar-refractivity contribution < 1.29 is 9.59 Å². The molecule has 100 valence electrons. The van der Waals surface area contributed by atoms with E-state index in [1.165, 1.54) is 0 Å². The van der Waals surface area contributed by atoms with Crippen LogP contribution in [-0.4, -0.2) is 12.1 Å². The topological polar surface area (TPSA) is 34.1 Å². The lowest BCUT2D eigenvalue weighted by Gasteiger charge is -2.39. The maximum absolute atomic E-state index is 12.2. The van der Waals surface area contributed by atoms with Crippen molar-refractivity contribution in [2.45, 2.75) is 47.0 Å². The first kappa shape index (κ1) is 13.5. The van der Waals surface area contributed by atoms with E-state index in [1.54, 1.807) is 0 Å². The average molecular weight is 248 g/mol. The van der Waals surface area contributed by atoms with E-state index in [0.717, 1.165) is 31.1 Å². The van der Waals surface area contributed by atoms with E-state index in [9.17, 15) is 9.59 Å². The van der Waals surface area contributed by atoms with Gasteiger partial charge in [0.25, 0.3) is 0 Å². The van der Waals surface area contributed by atoms with Crippen LogP contribution in [0.4, 0.5) is 0 Å². The number of hydrogen-bond donors (Lipinski definition) is 0. The number of hydrogen-bond acceptors (Lipinski definition) is 2. The highest BCUT2D eigenvalue weighted by Gasteiger charge is 2.51. The molecule has 0 aromatic heterocycles. The molecule has 4 atom stereocenters. The molecule has 0 spiro atoms. The highest BCUT2D eigenvalue weighted by Crippen LogP contribution is 2.52. The molecule has 0 heterocycles. The molecule has 2 heteroatoms. The molecule has 2 aliphatic carbocycles. The van der Waals surface area contributed by atoms with Crippen LogP contribution in [0.1, 0.15) is 47.0 Å². The van der Waals surface area contributed by atoms with Crippen LogP contribution in [-0.2, 0) is 9.59 Å². The summed E-state index contributed by atoms with van der Waals surface area (Å²) in [5.41, 5.74) is 1.03. The molecule has 1 fully saturated rings. The van der Waals surface area contributed by atoms with Gasteiger partial charge in [-0.1, -0.05) is 33.8 Å². The summed E-state index contributed by atoms with van der Waals surface area (Å²) < 4.78 is 0. The largest absolute Gasteiger partial charge is 0.299 e. The first-order valence-corrected chi connectivity index (χ1v) is 7.06. The SMILES string of the molecule is C[C@@H]1C(=O)[C@@H](C)[C@H]2[C@H]1CC/C(C=O)=C\CC2(C)C. The number of fused-ring (bicyclic) bond motifs is 1. The first-order valence-electron chi connectivity index (χ1n) is 7.06. The highest BCUT2D eigenvalue weighted by atomic mass is 16.1. The van der Waals surface area contributed by atoms with Crippen molar-refractivity contribution in [2.75, 3.05) is 0 Å². The highest BCUT2D eigenvalue weighted by molar-refractivity contribution is 5.86. The summed E-state index contributed by atoms with van der Waals surface area (Å²) >= 11 is 0. The number of rotatable bonds is 1. The summed E-state index contributed by atoms with van der Waals surface area (Å²) in [4.78, 5) is 23.3. The Morgan fingerprint density at radius 3 is 2.56 bits per heavy atom. The molecule has 2 aliphatic rings. The smallest absolute Gasteiger partial charge is 0.145 e. The minimum absolute atomic E-state index is 0.110. The lowest BCUT2D eigenvalue weighted by Crippen LogP contribution is -2.33. The zero-order valence-electron chi connectivity index (χ0n) is 11.9. The van der Waals surface area contributed by atoms with E-state index >= 15 is 0 Å². The van der Waals surface area contributed by atoms with Crippen LogP contribution in [0.25, 0.3) is 0 Å². The van der Waals surface area contributed by atoms with Gasteiger partial charge in [0.05, 0.1) is 0 Å². The normalized spacial score (nSPS) is 42.4. The van der Waals surface area contributed by atoms with E-state index < -0.39 is 0 Å². The minimum atomic E-state index is 0.110. The third-order valence-electron chi connectivity index (χ3n) is 5.25. The molecule has 0 saturated heterocycles. The fraction of sp³-hybridized carbons (Fsp3) is 0.750. The van der Waals surface area contributed by atoms with Crippen LogP contribution in [0.3, 0.4) is 0 Å². The second-order valence-electron chi connectivity index (χ2n) is 6.80. The number of allylic oxidation sites excluding steroid dienone is 2. The lowest BCUT2D eigenvalue weighted by molar-refractivity contribution is -0.124. The van der Waals surface area contributed by atoms with Gasteiger partial charge in [0, 0.05) is 11.8 Å². The molecule has 0 aromatic rings. The van der Waals surface area contributed by atoms with Gasteiger partial charge in [-0.15, -0.1) is 0 Å². The molecule has 2 rings (SSSR count). The summed E-state index contributed by atoms with van der Waals surface area (Å²) in [5, 5.41) is 0. The molecule has 18 heavy (non-hydrogen) atoms. The molecule has 0 N–H and O–H groups in total. The summed E-state index contributed by atoms with van der Waals surface area (Å²) in [6.45, 7) is 8.66. The zero-order chi connectivity index (χ0) is 13.5. The van der Waals surface area contributed by atoms with Crippen LogP contribution in [0.5, 0.6) is 0 Å². The van der Waals surface area contributed by atoms with E-state index in [4.69, 9.17) is 0 Å². The number of Topliss-reactive ketones (excluding diaryl/α,β-unsaturated/α-hetero) is 1. The third kappa shape index (κ3) is 2.06. The maximum Gasteiger partial charge on any atom is 0.145 e. The van der Waals surface area contributed by atoms with Crippen molar-refractivity contribution in [3.8, 4) is 0 Å². The van der Waals surface area contributed by atoms with Crippen LogP contribution in [0.2, 0.25) is 0 Å². The standard InChI is InChI=1S/C16H24O2/c1-10-13-6-5-12(9-17)7-8-16(3,4)14(13)11(2)15(10)18/h7,9-11,13-14H,5-6,8H2,1-4H3/b12-7+/t10-,11-,13-,14-/m0/s1. The zero-order valence-corrected chi connectivity index (χ0v) is 11.9. The van der Waals surface area contributed by atoms with Crippen LogP contribution < -0.4 is 0 Å². The van der Waals surface area contributed by atoms with Gasteiger partial charge in [-0.05, 0) is 42.1 Å². The second-order valence-corrected chi connectivity index (χ2v) is 6.80. The number of ketones is 1. The lowest BCUT2D eigenvalue weighted by atomic mass is 9.65. The Morgan fingerprint density at radius 1 is 1.28 bits per heavy atom. The molecule has 0 amide bonds. The summed E-state index contributed by atoms with van der Waals surface area (Å²) in [5.74, 6) is 1.67. The fourth-order valence-corrected chi connectivity index (χ4v) is 4.24. The Bertz CT molecular complexity index is 392. The van der Waals surface area contributed by atoms with E-state index in [0.29, 0.717) is 17.6 Å². The van der Waals surface area contributed by atoms with Gasteiger partial charge in [-0.25, -0.2) is 0 Å². The molecule has 0 bridgehead atoms. The summed E-state index contributed by atoms with van der Waals surface area (Å²) in [7, 11) is 0. The van der Waals surface area contributed by atoms with Crippen molar-refractivity contribution in [3.63, 3.8) is 0 Å². The van der Waals surface area contributed by atoms with Crippen molar-refractivity contribution in [1.29, 1.82) is 0 Å². The van der Waals surface area contributed by atoms with Crippen LogP contribution in [0, 0.1) is 29.1 Å². The van der Waals surface area contributed by atoms with Gasteiger partial charge in [0.1, 0.15) is 12.1 Å². The molecular formula is C16H24O2. The van der Waals surface area contributed by atoms with Crippen LogP contribution in [0.15, 0.2) is 11.6 Å². The van der Waals surface area contributed by atoms with Gasteiger partial charge in [-0.2, -0.15) is 0 Å². The molecule has 0 unspecified atom stereocenters. The Balaban J connectivity index is 2.36. The van der Waals surface area contributed by atoms with Crippen molar-refractivity contribution in [3.05, 3.63) is 11.6 Å². The molecular weight excluding hydrogens is 224 g/mol. The Hall–Kier alpha value is -0.920. The quantitative estimate of drug-likeness (QED) is 0.666. The maximum atomic E-state index is 12.2. The second kappa shape index (κ2) is 4.64. The van der Waals surface area contributed by atoms with E-state index in [2.05, 4.69) is 33.8 Å². The summed E-state index contributed by atoms with van der Waals surface area (Å²) in [6, 6.07) is 0. The Kier molecular flexibility index (Phi) is 3.48. The monoisotopic (exact) mass is 248 g/mol. The fourth-order valence-electron chi connectivity index (χ4n) is 4.24. The van der Waals surface area contributed by atoms with Crippen molar-refractivity contribution in [1.82, 2.24) is 0 Å². The molecule has 0 aromatic carbocycles.